The molecule has 27 heavy (non-hydrogen) atoms. The molecule has 3 rings (SSSR count). The highest BCUT2D eigenvalue weighted by Crippen LogP contribution is 2.20. The highest BCUT2D eigenvalue weighted by atomic mass is 32.2. The van der Waals surface area contributed by atoms with Crippen molar-refractivity contribution >= 4 is 38.1 Å². The summed E-state index contributed by atoms with van der Waals surface area (Å²) in [5, 5.41) is 4.67. The van der Waals surface area contributed by atoms with Gasteiger partial charge in [0.15, 0.2) is 5.13 Å². The van der Waals surface area contributed by atoms with Gasteiger partial charge >= 0.3 is 0 Å². The number of nitrogens with one attached hydrogen (secondary N) is 2. The lowest BCUT2D eigenvalue weighted by molar-refractivity contribution is 0.102. The van der Waals surface area contributed by atoms with E-state index >= 15 is 0 Å². The Morgan fingerprint density at radius 2 is 1.67 bits per heavy atom. The van der Waals surface area contributed by atoms with Gasteiger partial charge in [-0.25, -0.2) is 18.4 Å². The van der Waals surface area contributed by atoms with Crippen molar-refractivity contribution < 1.29 is 13.2 Å². The van der Waals surface area contributed by atoms with E-state index in [1.165, 1.54) is 41.8 Å². The number of aryl methyl sites for hydroxylation is 3. The second-order valence-electron chi connectivity index (χ2n) is 5.75. The van der Waals surface area contributed by atoms with Crippen molar-refractivity contribution in [1.29, 1.82) is 0 Å². The fraction of sp³-hybridized carbons (Fsp3) is 0.176. The molecule has 10 heteroatoms. The smallest absolute Gasteiger partial charge is 0.276 e. The molecule has 0 spiro atoms. The molecule has 0 fully saturated rings. The number of anilines is 2. The van der Waals surface area contributed by atoms with Gasteiger partial charge in [0.1, 0.15) is 5.69 Å². The lowest BCUT2D eigenvalue weighted by Gasteiger charge is -2.10. The summed E-state index contributed by atoms with van der Waals surface area (Å²) in [4.78, 5) is 25.0. The van der Waals surface area contributed by atoms with Crippen LogP contribution in [0.3, 0.4) is 0 Å². The zero-order valence-electron chi connectivity index (χ0n) is 14.8. The number of rotatable bonds is 5. The Labute approximate surface area is 160 Å². The molecule has 3 aromatic rings. The Hall–Kier alpha value is -2.85. The zero-order chi connectivity index (χ0) is 19.6. The summed E-state index contributed by atoms with van der Waals surface area (Å²) in [6.07, 6.45) is 1.51. The molecule has 2 N–H and O–H groups in total. The minimum atomic E-state index is -3.73. The lowest BCUT2D eigenvalue weighted by atomic mass is 10.2. The summed E-state index contributed by atoms with van der Waals surface area (Å²) in [5.41, 5.74) is 2.67. The molecule has 0 radical (unpaired) electrons. The fourth-order valence-corrected chi connectivity index (χ4v) is 4.07. The van der Waals surface area contributed by atoms with Gasteiger partial charge in [0.05, 0.1) is 22.0 Å². The third-order valence-electron chi connectivity index (χ3n) is 3.77. The molecular weight excluding hydrogens is 386 g/mol. The van der Waals surface area contributed by atoms with Crippen molar-refractivity contribution in [3.63, 3.8) is 0 Å². The zero-order valence-corrected chi connectivity index (χ0v) is 16.5. The van der Waals surface area contributed by atoms with Crippen LogP contribution < -0.4 is 10.0 Å². The van der Waals surface area contributed by atoms with E-state index in [1.54, 1.807) is 19.2 Å². The van der Waals surface area contributed by atoms with E-state index in [4.69, 9.17) is 0 Å². The molecule has 0 aliphatic carbocycles. The Morgan fingerprint density at radius 1 is 1.00 bits per heavy atom. The number of thiazole rings is 1. The average Bonchev–Trinajstić information content (AvgIpc) is 3.10. The van der Waals surface area contributed by atoms with Crippen LogP contribution in [-0.4, -0.2) is 29.3 Å². The number of hydrogen-bond acceptors (Lipinski definition) is 7. The van der Waals surface area contributed by atoms with E-state index in [0.717, 1.165) is 5.69 Å². The Balaban J connectivity index is 1.76. The van der Waals surface area contributed by atoms with Crippen molar-refractivity contribution in [3.8, 4) is 0 Å². The van der Waals surface area contributed by atoms with Crippen LogP contribution in [0.1, 0.15) is 27.6 Å². The van der Waals surface area contributed by atoms with E-state index in [1.807, 2.05) is 6.92 Å². The van der Waals surface area contributed by atoms with Gasteiger partial charge in [-0.2, -0.15) is 0 Å². The van der Waals surface area contributed by atoms with E-state index < -0.39 is 15.9 Å². The van der Waals surface area contributed by atoms with Crippen LogP contribution in [0.5, 0.6) is 0 Å². The number of carbonyl (C=O) groups excluding carboxylic acids is 1. The first-order chi connectivity index (χ1) is 12.8. The molecule has 8 nitrogen and oxygen atoms in total. The number of nitrogens with zero attached hydrogens (tertiary/aromatic N) is 3. The summed E-state index contributed by atoms with van der Waals surface area (Å²) < 4.78 is 27.0. The molecule has 0 bridgehead atoms. The highest BCUT2D eigenvalue weighted by molar-refractivity contribution is 7.93. The molecule has 0 atom stereocenters. The summed E-state index contributed by atoms with van der Waals surface area (Å²) in [7, 11) is -3.73. The Kier molecular flexibility index (Phi) is 5.19. The van der Waals surface area contributed by atoms with Crippen LogP contribution in [0.4, 0.5) is 10.8 Å². The molecule has 1 aromatic carbocycles. The molecule has 0 saturated carbocycles. The molecule has 2 aromatic heterocycles. The van der Waals surface area contributed by atoms with Gasteiger partial charge in [-0.15, -0.1) is 11.3 Å². The second kappa shape index (κ2) is 7.41. The van der Waals surface area contributed by atoms with E-state index in [-0.39, 0.29) is 15.7 Å². The van der Waals surface area contributed by atoms with Gasteiger partial charge in [0, 0.05) is 17.3 Å². The molecular formula is C17H17N5O3S2. The molecule has 0 aliphatic heterocycles. The summed E-state index contributed by atoms with van der Waals surface area (Å²) in [6, 6.07) is 5.84. The lowest BCUT2D eigenvalue weighted by Crippen LogP contribution is -2.18. The largest absolute Gasteiger partial charge is 0.321 e. The van der Waals surface area contributed by atoms with Crippen molar-refractivity contribution in [1.82, 2.24) is 15.0 Å². The minimum Gasteiger partial charge on any atom is -0.321 e. The molecule has 2 heterocycles. The monoisotopic (exact) mass is 403 g/mol. The topological polar surface area (TPSA) is 114 Å². The van der Waals surface area contributed by atoms with Crippen LogP contribution in [0, 0.1) is 20.8 Å². The van der Waals surface area contributed by atoms with Gasteiger partial charge in [-0.3, -0.25) is 14.5 Å². The van der Waals surface area contributed by atoms with Gasteiger partial charge in [-0.05, 0) is 45.0 Å². The molecule has 0 unspecified atom stereocenters. The normalized spacial score (nSPS) is 11.2. The van der Waals surface area contributed by atoms with Crippen LogP contribution in [0.15, 0.2) is 40.7 Å². The molecule has 1 amide bonds. The molecule has 0 saturated heterocycles. The minimum absolute atomic E-state index is 0.0675. The molecule has 0 aliphatic rings. The predicted molar refractivity (Wildman–Crippen MR) is 104 cm³/mol. The number of aromatic nitrogens is 3. The SMILES string of the molecule is Cc1nc(C)c(C(=O)Nc2ccc(S(=O)(=O)Nc3nccs3)cc2)nc1C. The number of sulfonamides is 1. The average molecular weight is 403 g/mol. The van der Waals surface area contributed by atoms with E-state index in [0.29, 0.717) is 17.1 Å². The quantitative estimate of drug-likeness (QED) is 0.677. The number of hydrogen-bond donors (Lipinski definition) is 2. The number of carbonyl (C=O) groups is 1. The summed E-state index contributed by atoms with van der Waals surface area (Å²) in [5.74, 6) is -0.403. The Bertz CT molecular complexity index is 1080. The highest BCUT2D eigenvalue weighted by Gasteiger charge is 2.17. The third kappa shape index (κ3) is 4.29. The van der Waals surface area contributed by atoms with Crippen molar-refractivity contribution in [2.45, 2.75) is 25.7 Å². The van der Waals surface area contributed by atoms with Crippen LogP contribution in [0.25, 0.3) is 0 Å². The molecule has 140 valence electrons. The van der Waals surface area contributed by atoms with Gasteiger partial charge in [0.2, 0.25) is 0 Å². The van der Waals surface area contributed by atoms with Gasteiger partial charge in [-0.1, -0.05) is 0 Å². The standard InChI is InChI=1S/C17H17N5O3S2/c1-10-11(2)20-15(12(3)19-10)16(23)21-13-4-6-14(7-5-13)27(24,25)22-17-18-8-9-26-17/h4-9H,1-3H3,(H,18,22)(H,21,23). The first-order valence-electron chi connectivity index (χ1n) is 7.92. The van der Waals surface area contributed by atoms with E-state index in [9.17, 15) is 13.2 Å². The summed E-state index contributed by atoms with van der Waals surface area (Å²) in [6.45, 7) is 5.33. The first kappa shape index (κ1) is 18.9. The van der Waals surface area contributed by atoms with Crippen LogP contribution in [0.2, 0.25) is 0 Å². The van der Waals surface area contributed by atoms with Crippen molar-refractivity contribution in [2.24, 2.45) is 0 Å². The maximum absolute atomic E-state index is 12.4. The maximum atomic E-state index is 12.4. The van der Waals surface area contributed by atoms with Gasteiger partial charge < -0.3 is 5.32 Å². The fourth-order valence-electron chi connectivity index (χ4n) is 2.29. The van der Waals surface area contributed by atoms with Crippen LogP contribution >= 0.6 is 11.3 Å². The predicted octanol–water partition coefficient (Wildman–Crippen LogP) is 2.91. The van der Waals surface area contributed by atoms with Crippen LogP contribution in [-0.2, 0) is 10.0 Å². The maximum Gasteiger partial charge on any atom is 0.276 e. The number of amides is 1. The first-order valence-corrected chi connectivity index (χ1v) is 10.3. The number of benzene rings is 1. The van der Waals surface area contributed by atoms with Gasteiger partial charge in [0.25, 0.3) is 15.9 Å². The van der Waals surface area contributed by atoms with Crippen molar-refractivity contribution in [2.75, 3.05) is 10.0 Å². The Morgan fingerprint density at radius 3 is 2.30 bits per heavy atom. The second-order valence-corrected chi connectivity index (χ2v) is 8.33. The van der Waals surface area contributed by atoms with E-state index in [2.05, 4.69) is 25.0 Å². The summed E-state index contributed by atoms with van der Waals surface area (Å²) >= 11 is 1.19. The van der Waals surface area contributed by atoms with Crippen molar-refractivity contribution in [3.05, 3.63) is 58.6 Å². The third-order valence-corrected chi connectivity index (χ3v) is 5.95.